The van der Waals surface area contributed by atoms with Crippen LogP contribution < -0.4 is 10.6 Å². The van der Waals surface area contributed by atoms with Crippen molar-refractivity contribution in [3.8, 4) is 0 Å². The van der Waals surface area contributed by atoms with Crippen LogP contribution in [0.25, 0.3) is 0 Å². The summed E-state index contributed by atoms with van der Waals surface area (Å²) in [5.41, 5.74) is -0.287. The molecule has 3 amide bonds. The Kier molecular flexibility index (Phi) is 7.09. The second-order valence-electron chi connectivity index (χ2n) is 11.0. The summed E-state index contributed by atoms with van der Waals surface area (Å²) >= 11 is 6.05. The Morgan fingerprint density at radius 3 is 2.20 bits per heavy atom. The van der Waals surface area contributed by atoms with E-state index >= 15 is 0 Å². The van der Waals surface area contributed by atoms with Crippen molar-refractivity contribution in [3.63, 3.8) is 0 Å². The van der Waals surface area contributed by atoms with E-state index in [-0.39, 0.29) is 11.8 Å². The van der Waals surface area contributed by atoms with Gasteiger partial charge in [0.15, 0.2) is 0 Å². The van der Waals surface area contributed by atoms with E-state index in [0.29, 0.717) is 41.2 Å². The van der Waals surface area contributed by atoms with E-state index in [9.17, 15) is 19.5 Å². The predicted octanol–water partition coefficient (Wildman–Crippen LogP) is 4.81. The molecular formula is C32H32ClN3O5. The number of aliphatic hydroxyl groups is 1. The fourth-order valence-electron chi connectivity index (χ4n) is 7.20. The van der Waals surface area contributed by atoms with E-state index in [4.69, 9.17) is 16.3 Å². The van der Waals surface area contributed by atoms with Crippen LogP contribution in [0.1, 0.15) is 37.8 Å². The molecule has 3 aliphatic heterocycles. The normalized spacial score (nSPS) is 28.8. The van der Waals surface area contributed by atoms with Crippen molar-refractivity contribution >= 4 is 40.7 Å². The molecule has 6 atom stereocenters. The number of ether oxygens (including phenoxy) is 1. The van der Waals surface area contributed by atoms with Crippen LogP contribution >= 0.6 is 11.6 Å². The standard InChI is InChI=1S/C32H32ClN3O5/c1-2-31-17-18-32(41-31)26(25(31)28(38)34-22-11-7-4-8-12-22)30(40)36(24(19-37)20-9-5-3-6-10-20)27(32)29(39)35-23-15-13-21(33)14-16-23/h3-16,24-27,37H,2,17-19H2,1H3,(H,34,38)(H,35,39)/t24-,25-,26+,27?,31+,32?/m1/s1. The van der Waals surface area contributed by atoms with Gasteiger partial charge in [0, 0.05) is 16.4 Å². The fraction of sp³-hybridized carbons (Fsp3) is 0.344. The van der Waals surface area contributed by atoms with Crippen molar-refractivity contribution < 1.29 is 24.2 Å². The lowest BCUT2D eigenvalue weighted by Gasteiger charge is -2.37. The number of fused-ring (bicyclic) bond motifs is 1. The SMILES string of the molecule is CC[C@@]12CCC3(O1)C(C(=O)Nc1ccc(Cl)cc1)N([C@H](CO)c1ccccc1)C(=O)[C@@H]3[C@@H]2C(=O)Nc1ccccc1. The highest BCUT2D eigenvalue weighted by Crippen LogP contribution is 2.65. The van der Waals surface area contributed by atoms with E-state index in [1.54, 1.807) is 36.4 Å². The lowest BCUT2D eigenvalue weighted by Crippen LogP contribution is -2.54. The summed E-state index contributed by atoms with van der Waals surface area (Å²) in [6.45, 7) is 1.55. The molecule has 2 bridgehead atoms. The Labute approximate surface area is 243 Å². The van der Waals surface area contributed by atoms with Crippen LogP contribution in [-0.2, 0) is 19.1 Å². The molecule has 9 heteroatoms. The summed E-state index contributed by atoms with van der Waals surface area (Å²) in [5, 5.41) is 17.1. The molecule has 212 valence electrons. The number of carbonyl (C=O) groups is 3. The molecule has 3 aromatic rings. The molecule has 41 heavy (non-hydrogen) atoms. The molecule has 0 aliphatic carbocycles. The lowest BCUT2D eigenvalue weighted by atomic mass is 9.65. The van der Waals surface area contributed by atoms with Gasteiger partial charge in [-0.15, -0.1) is 0 Å². The van der Waals surface area contributed by atoms with Crippen molar-refractivity contribution in [2.75, 3.05) is 17.2 Å². The first-order valence-electron chi connectivity index (χ1n) is 13.9. The summed E-state index contributed by atoms with van der Waals surface area (Å²) in [5.74, 6) is -2.81. The van der Waals surface area contributed by atoms with Crippen molar-refractivity contribution in [1.82, 2.24) is 4.90 Å². The van der Waals surface area contributed by atoms with Crippen LogP contribution in [0.2, 0.25) is 5.02 Å². The number of amides is 3. The van der Waals surface area contributed by atoms with Crippen LogP contribution in [0.5, 0.6) is 0 Å². The van der Waals surface area contributed by atoms with Crippen LogP contribution in [0.3, 0.4) is 0 Å². The molecule has 1 spiro atoms. The first kappa shape index (κ1) is 27.4. The fourth-order valence-corrected chi connectivity index (χ4v) is 7.33. The summed E-state index contributed by atoms with van der Waals surface area (Å²) in [4.78, 5) is 44.1. The molecule has 0 aromatic heterocycles. The second kappa shape index (κ2) is 10.6. The number of para-hydroxylation sites is 1. The van der Waals surface area contributed by atoms with Gasteiger partial charge in [0.05, 0.1) is 30.1 Å². The summed E-state index contributed by atoms with van der Waals surface area (Å²) < 4.78 is 6.83. The molecule has 0 saturated carbocycles. The van der Waals surface area contributed by atoms with Crippen molar-refractivity contribution in [1.29, 1.82) is 0 Å². The number of nitrogens with one attached hydrogen (secondary N) is 2. The van der Waals surface area contributed by atoms with Crippen molar-refractivity contribution in [3.05, 3.63) is 95.5 Å². The van der Waals surface area contributed by atoms with Gasteiger partial charge >= 0.3 is 0 Å². The second-order valence-corrected chi connectivity index (χ2v) is 11.5. The van der Waals surface area contributed by atoms with Crippen LogP contribution in [0.15, 0.2) is 84.9 Å². The van der Waals surface area contributed by atoms with E-state index in [1.807, 2.05) is 55.5 Å². The van der Waals surface area contributed by atoms with Gasteiger partial charge in [-0.1, -0.05) is 67.1 Å². The summed E-state index contributed by atoms with van der Waals surface area (Å²) in [7, 11) is 0. The van der Waals surface area contributed by atoms with E-state index in [1.165, 1.54) is 4.90 Å². The maximum absolute atomic E-state index is 14.5. The zero-order valence-corrected chi connectivity index (χ0v) is 23.4. The van der Waals surface area contributed by atoms with Gasteiger partial charge in [-0.25, -0.2) is 0 Å². The van der Waals surface area contributed by atoms with Gasteiger partial charge in [-0.3, -0.25) is 14.4 Å². The highest BCUT2D eigenvalue weighted by molar-refractivity contribution is 6.30. The van der Waals surface area contributed by atoms with Gasteiger partial charge in [0.25, 0.3) is 0 Å². The number of carbonyl (C=O) groups excluding carboxylic acids is 3. The minimum Gasteiger partial charge on any atom is -0.394 e. The Balaban J connectivity index is 1.44. The average molecular weight is 574 g/mol. The van der Waals surface area contributed by atoms with Gasteiger partial charge < -0.3 is 25.4 Å². The number of hydrogen-bond donors (Lipinski definition) is 3. The number of benzene rings is 3. The molecule has 3 saturated heterocycles. The minimum atomic E-state index is -1.23. The predicted molar refractivity (Wildman–Crippen MR) is 155 cm³/mol. The first-order valence-corrected chi connectivity index (χ1v) is 14.3. The number of aliphatic hydroxyl groups excluding tert-OH is 1. The smallest absolute Gasteiger partial charge is 0.250 e. The Morgan fingerprint density at radius 2 is 1.56 bits per heavy atom. The topological polar surface area (TPSA) is 108 Å². The van der Waals surface area contributed by atoms with E-state index < -0.39 is 47.6 Å². The number of anilines is 2. The number of hydrogen-bond acceptors (Lipinski definition) is 5. The number of rotatable bonds is 8. The van der Waals surface area contributed by atoms with Gasteiger partial charge in [-0.05, 0) is 61.2 Å². The van der Waals surface area contributed by atoms with E-state index in [0.717, 1.165) is 0 Å². The van der Waals surface area contributed by atoms with Crippen LogP contribution in [0.4, 0.5) is 11.4 Å². The van der Waals surface area contributed by atoms with Crippen LogP contribution in [0, 0.1) is 11.8 Å². The Bertz CT molecular complexity index is 1450. The van der Waals surface area contributed by atoms with Gasteiger partial charge in [0.1, 0.15) is 11.6 Å². The third-order valence-corrected chi connectivity index (χ3v) is 9.25. The molecule has 3 aromatic carbocycles. The summed E-state index contributed by atoms with van der Waals surface area (Å²) in [6.07, 6.45) is 1.49. The average Bonchev–Trinajstić information content (AvgIpc) is 3.60. The molecule has 6 rings (SSSR count). The molecule has 8 nitrogen and oxygen atoms in total. The molecule has 3 heterocycles. The van der Waals surface area contributed by atoms with Gasteiger partial charge in [-0.2, -0.15) is 0 Å². The largest absolute Gasteiger partial charge is 0.394 e. The quantitative estimate of drug-likeness (QED) is 0.359. The third kappa shape index (κ3) is 4.41. The number of likely N-dealkylation sites (tertiary alicyclic amines) is 1. The number of halogens is 1. The molecule has 0 radical (unpaired) electrons. The molecule has 2 unspecified atom stereocenters. The zero-order chi connectivity index (χ0) is 28.8. The highest BCUT2D eigenvalue weighted by atomic mass is 35.5. The highest BCUT2D eigenvalue weighted by Gasteiger charge is 2.79. The molecule has 3 aliphatic rings. The molecule has 3 fully saturated rings. The summed E-state index contributed by atoms with van der Waals surface area (Å²) in [6, 6.07) is 23.1. The van der Waals surface area contributed by atoms with E-state index in [2.05, 4.69) is 10.6 Å². The molecular weight excluding hydrogens is 542 g/mol. The monoisotopic (exact) mass is 573 g/mol. The molecule has 3 N–H and O–H groups in total. The zero-order valence-electron chi connectivity index (χ0n) is 22.6. The first-order chi connectivity index (χ1) is 19.8. The minimum absolute atomic E-state index is 0.308. The maximum atomic E-state index is 14.5. The maximum Gasteiger partial charge on any atom is 0.250 e. The van der Waals surface area contributed by atoms with Crippen molar-refractivity contribution in [2.24, 2.45) is 11.8 Å². The van der Waals surface area contributed by atoms with Gasteiger partial charge in [0.2, 0.25) is 17.7 Å². The van der Waals surface area contributed by atoms with Crippen LogP contribution in [-0.4, -0.2) is 51.6 Å². The lowest BCUT2D eigenvalue weighted by molar-refractivity contribution is -0.148. The third-order valence-electron chi connectivity index (χ3n) is 9.00. The van der Waals surface area contributed by atoms with Crippen molar-refractivity contribution in [2.45, 2.75) is 49.5 Å². The number of nitrogens with zero attached hydrogens (tertiary/aromatic N) is 1. The Hall–Kier alpha value is -3.72. The Morgan fingerprint density at radius 1 is 0.951 bits per heavy atom.